The summed E-state index contributed by atoms with van der Waals surface area (Å²) in [6.07, 6.45) is -1.03. The van der Waals surface area contributed by atoms with Gasteiger partial charge in [0.15, 0.2) is 0 Å². The monoisotopic (exact) mass is 135 g/mol. The normalized spacial score (nSPS) is 26.3. The van der Waals surface area contributed by atoms with Crippen LogP contribution < -0.4 is 5.73 Å². The fraction of sp³-hybridized carbons (Fsp3) is 1.00. The van der Waals surface area contributed by atoms with Crippen LogP contribution in [0.15, 0.2) is 0 Å². The summed E-state index contributed by atoms with van der Waals surface area (Å²) in [5.41, 5.74) is 4.55. The largest absolute Gasteiger partial charge is 0.327 e. The smallest absolute Gasteiger partial charge is 0.245 e. The van der Waals surface area contributed by atoms with Crippen molar-refractivity contribution in [3.63, 3.8) is 0 Å². The first-order valence-corrected chi connectivity index (χ1v) is 3.13. The average molecular weight is 135 g/mol. The van der Waals surface area contributed by atoms with Crippen molar-refractivity contribution in [3.05, 3.63) is 0 Å². The van der Waals surface area contributed by atoms with Crippen molar-refractivity contribution in [2.45, 2.75) is 32.2 Å². The molecule has 1 nitrogen and oxygen atoms in total. The van der Waals surface area contributed by atoms with Crippen molar-refractivity contribution in [1.82, 2.24) is 0 Å². The standard InChI is InChI=1S/C6H11F2N/c1-4(9)6(2-3-6)5(7)8/h4-5H,2-3,9H2,1H3/t4-/m1/s1. The third-order valence-corrected chi connectivity index (χ3v) is 2.17. The Morgan fingerprint density at radius 3 is 1.89 bits per heavy atom. The number of hydrogen-bond donors (Lipinski definition) is 1. The summed E-state index contributed by atoms with van der Waals surface area (Å²) in [5, 5.41) is 0. The second kappa shape index (κ2) is 1.90. The highest BCUT2D eigenvalue weighted by molar-refractivity contribution is 5.00. The fourth-order valence-corrected chi connectivity index (χ4v) is 1.02. The highest BCUT2D eigenvalue weighted by atomic mass is 19.3. The topological polar surface area (TPSA) is 26.0 Å². The zero-order chi connectivity index (χ0) is 7.07. The molecular formula is C6H11F2N. The summed E-state index contributed by atoms with van der Waals surface area (Å²) in [4.78, 5) is 0. The van der Waals surface area contributed by atoms with Gasteiger partial charge in [0.1, 0.15) is 0 Å². The molecule has 1 saturated carbocycles. The lowest BCUT2D eigenvalue weighted by atomic mass is 10.00. The van der Waals surface area contributed by atoms with E-state index in [0.29, 0.717) is 12.8 Å². The lowest BCUT2D eigenvalue weighted by molar-refractivity contribution is 0.0495. The zero-order valence-corrected chi connectivity index (χ0v) is 5.40. The summed E-state index contributed by atoms with van der Waals surface area (Å²) in [7, 11) is 0. The van der Waals surface area contributed by atoms with Gasteiger partial charge in [0.25, 0.3) is 0 Å². The van der Waals surface area contributed by atoms with Crippen molar-refractivity contribution in [2.75, 3.05) is 0 Å². The molecule has 0 amide bonds. The molecule has 1 aliphatic rings. The van der Waals surface area contributed by atoms with E-state index in [9.17, 15) is 8.78 Å². The van der Waals surface area contributed by atoms with Crippen LogP contribution in [0.1, 0.15) is 19.8 Å². The van der Waals surface area contributed by atoms with Crippen LogP contribution in [0, 0.1) is 5.41 Å². The van der Waals surface area contributed by atoms with Crippen LogP contribution in [0.3, 0.4) is 0 Å². The lowest BCUT2D eigenvalue weighted by Gasteiger charge is -2.17. The predicted octanol–water partition coefficient (Wildman–Crippen LogP) is 1.38. The number of nitrogens with two attached hydrogens (primary N) is 1. The first-order valence-electron chi connectivity index (χ1n) is 3.13. The van der Waals surface area contributed by atoms with Crippen LogP contribution in [0.25, 0.3) is 0 Å². The van der Waals surface area contributed by atoms with Crippen molar-refractivity contribution < 1.29 is 8.78 Å². The zero-order valence-electron chi connectivity index (χ0n) is 5.40. The maximum atomic E-state index is 12.0. The second-order valence-corrected chi connectivity index (χ2v) is 2.82. The Labute approximate surface area is 53.2 Å². The van der Waals surface area contributed by atoms with Gasteiger partial charge in [-0.25, -0.2) is 8.78 Å². The minimum Gasteiger partial charge on any atom is -0.327 e. The SMILES string of the molecule is C[C@@H](N)C1(C(F)F)CC1. The summed E-state index contributed by atoms with van der Waals surface area (Å²) < 4.78 is 24.1. The maximum Gasteiger partial charge on any atom is 0.245 e. The Morgan fingerprint density at radius 1 is 1.44 bits per heavy atom. The predicted molar refractivity (Wildman–Crippen MR) is 31.3 cm³/mol. The van der Waals surface area contributed by atoms with E-state index in [0.717, 1.165) is 0 Å². The molecule has 0 heterocycles. The number of alkyl halides is 2. The van der Waals surface area contributed by atoms with E-state index >= 15 is 0 Å². The molecular weight excluding hydrogens is 124 g/mol. The van der Waals surface area contributed by atoms with E-state index in [1.165, 1.54) is 0 Å². The molecule has 1 atom stereocenters. The first kappa shape index (κ1) is 6.93. The number of hydrogen-bond acceptors (Lipinski definition) is 1. The van der Waals surface area contributed by atoms with Gasteiger partial charge in [-0.2, -0.15) is 0 Å². The quantitative estimate of drug-likeness (QED) is 0.608. The van der Waals surface area contributed by atoms with Crippen LogP contribution in [-0.4, -0.2) is 12.5 Å². The van der Waals surface area contributed by atoms with Crippen LogP contribution in [0.5, 0.6) is 0 Å². The van der Waals surface area contributed by atoms with E-state index in [2.05, 4.69) is 0 Å². The summed E-state index contributed by atoms with van der Waals surface area (Å²) >= 11 is 0. The van der Waals surface area contributed by atoms with Crippen LogP contribution in [-0.2, 0) is 0 Å². The summed E-state index contributed by atoms with van der Waals surface area (Å²) in [6.45, 7) is 1.65. The molecule has 0 saturated heterocycles. The Bertz CT molecular complexity index is 97.6. The molecule has 0 bridgehead atoms. The van der Waals surface area contributed by atoms with E-state index in [-0.39, 0.29) is 6.04 Å². The first-order chi connectivity index (χ1) is 4.09. The number of rotatable bonds is 2. The Kier molecular flexibility index (Phi) is 1.47. The van der Waals surface area contributed by atoms with Crippen LogP contribution in [0.2, 0.25) is 0 Å². The van der Waals surface area contributed by atoms with Gasteiger partial charge < -0.3 is 5.73 Å². The Morgan fingerprint density at radius 2 is 1.89 bits per heavy atom. The molecule has 9 heavy (non-hydrogen) atoms. The molecule has 0 aliphatic heterocycles. The molecule has 0 aromatic carbocycles. The van der Waals surface area contributed by atoms with Crippen molar-refractivity contribution in [1.29, 1.82) is 0 Å². The molecule has 0 aromatic heterocycles. The average Bonchev–Trinajstić information content (AvgIpc) is 2.40. The Balaban J connectivity index is 2.52. The Hall–Kier alpha value is -0.180. The molecule has 54 valence electrons. The molecule has 1 rings (SSSR count). The minimum atomic E-state index is -2.22. The molecule has 0 unspecified atom stereocenters. The van der Waals surface area contributed by atoms with Gasteiger partial charge in [-0.3, -0.25) is 0 Å². The van der Waals surface area contributed by atoms with Gasteiger partial charge in [0.05, 0.1) is 0 Å². The van der Waals surface area contributed by atoms with Crippen molar-refractivity contribution in [2.24, 2.45) is 11.1 Å². The fourth-order valence-electron chi connectivity index (χ4n) is 1.02. The van der Waals surface area contributed by atoms with Gasteiger partial charge in [0.2, 0.25) is 6.43 Å². The lowest BCUT2D eigenvalue weighted by Crippen LogP contribution is -2.33. The van der Waals surface area contributed by atoms with Crippen LogP contribution >= 0.6 is 0 Å². The van der Waals surface area contributed by atoms with Gasteiger partial charge in [-0.15, -0.1) is 0 Å². The second-order valence-electron chi connectivity index (χ2n) is 2.82. The van der Waals surface area contributed by atoms with E-state index in [1.807, 2.05) is 0 Å². The molecule has 2 N–H and O–H groups in total. The van der Waals surface area contributed by atoms with Crippen LogP contribution in [0.4, 0.5) is 8.78 Å². The molecule has 3 heteroatoms. The van der Waals surface area contributed by atoms with Gasteiger partial charge >= 0.3 is 0 Å². The highest BCUT2D eigenvalue weighted by Crippen LogP contribution is 2.52. The summed E-state index contributed by atoms with van der Waals surface area (Å²) in [5.74, 6) is 0. The number of halogens is 2. The minimum absolute atomic E-state index is 0.350. The van der Waals surface area contributed by atoms with Crippen molar-refractivity contribution >= 4 is 0 Å². The highest BCUT2D eigenvalue weighted by Gasteiger charge is 2.53. The third-order valence-electron chi connectivity index (χ3n) is 2.17. The van der Waals surface area contributed by atoms with Crippen molar-refractivity contribution in [3.8, 4) is 0 Å². The molecule has 0 radical (unpaired) electrons. The van der Waals surface area contributed by atoms with E-state index in [1.54, 1.807) is 6.92 Å². The maximum absolute atomic E-state index is 12.0. The molecule has 0 spiro atoms. The van der Waals surface area contributed by atoms with Gasteiger partial charge in [-0.05, 0) is 19.8 Å². The molecule has 0 aromatic rings. The molecule has 1 aliphatic carbocycles. The van der Waals surface area contributed by atoms with Gasteiger partial charge in [-0.1, -0.05) is 0 Å². The van der Waals surface area contributed by atoms with E-state index in [4.69, 9.17) is 5.73 Å². The third kappa shape index (κ3) is 0.936. The molecule has 1 fully saturated rings. The van der Waals surface area contributed by atoms with Gasteiger partial charge in [0, 0.05) is 11.5 Å². The van der Waals surface area contributed by atoms with E-state index < -0.39 is 11.8 Å². The summed E-state index contributed by atoms with van der Waals surface area (Å²) in [6, 6.07) is -0.350.